The monoisotopic (exact) mass is 474 g/mol. The summed E-state index contributed by atoms with van der Waals surface area (Å²) >= 11 is 0. The zero-order valence-electron chi connectivity index (χ0n) is 17.4. The number of rotatable bonds is 3. The van der Waals surface area contributed by atoms with Crippen molar-refractivity contribution in [3.8, 4) is 0 Å². The molecule has 30 heavy (non-hydrogen) atoms. The molecule has 5 heteroatoms. The van der Waals surface area contributed by atoms with E-state index in [1.54, 1.807) is 12.1 Å². The Hall–Kier alpha value is -1.68. The molecule has 3 aromatic rings. The maximum absolute atomic E-state index is 7.00. The Morgan fingerprint density at radius 3 is 2.13 bits per heavy atom. The Balaban J connectivity index is 0.000000726. The fourth-order valence-corrected chi connectivity index (χ4v) is 3.32. The van der Waals surface area contributed by atoms with Crippen LogP contribution in [0.15, 0.2) is 84.5 Å². The van der Waals surface area contributed by atoms with Gasteiger partial charge in [-0.05, 0) is 26.1 Å². The van der Waals surface area contributed by atoms with Crippen LogP contribution in [0.25, 0.3) is 22.1 Å². The number of nitrogens with zero attached hydrogens (tertiary/aromatic N) is 1. The maximum atomic E-state index is 7.00. The smallest absolute Gasteiger partial charge is 0.699 e. The van der Waals surface area contributed by atoms with Gasteiger partial charge in [-0.25, -0.2) is 0 Å². The SMILES string of the molecule is Cl.Cl.[CH2-]c1c(C2=CC(CN(C)C)=CC2)ccc2ccccc12.[NH-]c1ccccc1.[Ti+2]. The van der Waals surface area contributed by atoms with Gasteiger partial charge in [-0.15, -0.1) is 53.6 Å². The average molecular weight is 475 g/mol. The first-order valence-corrected chi connectivity index (χ1v) is 9.19. The predicted octanol–water partition coefficient (Wildman–Crippen LogP) is 7.51. The van der Waals surface area contributed by atoms with Gasteiger partial charge in [0.2, 0.25) is 0 Å². The van der Waals surface area contributed by atoms with E-state index in [2.05, 4.69) is 74.5 Å². The Kier molecular flexibility index (Phi) is 12.8. The van der Waals surface area contributed by atoms with Crippen LogP contribution in [0.1, 0.15) is 17.5 Å². The molecule has 0 unspecified atom stereocenters. The Morgan fingerprint density at radius 2 is 1.53 bits per heavy atom. The second-order valence-corrected chi connectivity index (χ2v) is 7.07. The molecule has 1 aliphatic carbocycles. The summed E-state index contributed by atoms with van der Waals surface area (Å²) in [4.78, 5) is 2.21. The van der Waals surface area contributed by atoms with E-state index in [-0.39, 0.29) is 46.5 Å². The maximum Gasteiger partial charge on any atom is 2.00 e. The number of fused-ring (bicyclic) bond motifs is 1. The Labute approximate surface area is 207 Å². The summed E-state index contributed by atoms with van der Waals surface area (Å²) in [5, 5.41) is 2.52. The minimum absolute atomic E-state index is 0. The first-order valence-electron chi connectivity index (χ1n) is 9.19. The van der Waals surface area contributed by atoms with Crippen LogP contribution in [0.2, 0.25) is 0 Å². The third-order valence-electron chi connectivity index (χ3n) is 4.60. The van der Waals surface area contributed by atoms with Crippen LogP contribution in [0, 0.1) is 6.92 Å². The van der Waals surface area contributed by atoms with Crippen LogP contribution < -0.4 is 0 Å². The minimum Gasteiger partial charge on any atom is -0.699 e. The number of likely N-dealkylation sites (N-methyl/N-ethyl adjacent to an activating group) is 1. The molecule has 0 heterocycles. The van der Waals surface area contributed by atoms with Crippen molar-refractivity contribution >= 4 is 46.8 Å². The second-order valence-electron chi connectivity index (χ2n) is 7.07. The first-order chi connectivity index (χ1) is 13.0. The third kappa shape index (κ3) is 7.54. The summed E-state index contributed by atoms with van der Waals surface area (Å²) in [6.45, 7) is 5.31. The van der Waals surface area contributed by atoms with Crippen LogP contribution in [-0.4, -0.2) is 25.5 Å². The Morgan fingerprint density at radius 1 is 0.900 bits per heavy atom. The molecule has 4 rings (SSSR count). The van der Waals surface area contributed by atoms with Crippen molar-refractivity contribution in [1.82, 2.24) is 4.90 Å². The normalized spacial score (nSPS) is 11.8. The second kappa shape index (κ2) is 13.6. The zero-order chi connectivity index (χ0) is 19.2. The van der Waals surface area contributed by atoms with E-state index < -0.39 is 0 Å². The first kappa shape index (κ1) is 28.3. The van der Waals surface area contributed by atoms with E-state index in [9.17, 15) is 0 Å². The van der Waals surface area contributed by atoms with E-state index in [4.69, 9.17) is 5.73 Å². The van der Waals surface area contributed by atoms with Crippen molar-refractivity contribution < 1.29 is 21.7 Å². The van der Waals surface area contributed by atoms with Gasteiger partial charge in [-0.2, -0.15) is 12.5 Å². The van der Waals surface area contributed by atoms with E-state index in [1.807, 2.05) is 18.2 Å². The van der Waals surface area contributed by atoms with Crippen molar-refractivity contribution in [2.45, 2.75) is 6.42 Å². The number of hydrogen-bond acceptors (Lipinski definition) is 1. The van der Waals surface area contributed by atoms with Gasteiger partial charge in [0.1, 0.15) is 0 Å². The number of hydrogen-bond donors (Lipinski definition) is 0. The number of nitrogens with one attached hydrogen (secondary N) is 1. The van der Waals surface area contributed by atoms with Crippen molar-refractivity contribution in [1.29, 1.82) is 0 Å². The van der Waals surface area contributed by atoms with Gasteiger partial charge < -0.3 is 10.6 Å². The summed E-state index contributed by atoms with van der Waals surface area (Å²) in [6.07, 6.45) is 5.66. The van der Waals surface area contributed by atoms with E-state index in [1.165, 1.54) is 27.5 Å². The van der Waals surface area contributed by atoms with Gasteiger partial charge in [0.15, 0.2) is 0 Å². The molecule has 3 aromatic carbocycles. The molecular weight excluding hydrogens is 447 g/mol. The van der Waals surface area contributed by atoms with Crippen LogP contribution in [0.4, 0.5) is 5.69 Å². The molecule has 0 bridgehead atoms. The molecule has 0 radical (unpaired) electrons. The number of halogens is 2. The molecule has 0 saturated heterocycles. The molecule has 0 saturated carbocycles. The van der Waals surface area contributed by atoms with Gasteiger partial charge in [-0.3, -0.25) is 0 Å². The fourth-order valence-electron chi connectivity index (χ4n) is 3.32. The average Bonchev–Trinajstić information content (AvgIpc) is 3.11. The number of benzene rings is 3. The van der Waals surface area contributed by atoms with E-state index in [0.29, 0.717) is 5.69 Å². The minimum atomic E-state index is 0. The van der Waals surface area contributed by atoms with Crippen molar-refractivity contribution in [3.05, 3.63) is 108 Å². The van der Waals surface area contributed by atoms with Gasteiger partial charge in [0, 0.05) is 6.54 Å². The summed E-state index contributed by atoms with van der Waals surface area (Å²) in [5.41, 5.74) is 12.8. The van der Waals surface area contributed by atoms with Crippen molar-refractivity contribution in [2.24, 2.45) is 0 Å². The topological polar surface area (TPSA) is 27.0 Å². The molecule has 2 nitrogen and oxygen atoms in total. The van der Waals surface area contributed by atoms with Crippen molar-refractivity contribution in [3.63, 3.8) is 0 Å². The molecule has 156 valence electrons. The summed E-state index contributed by atoms with van der Waals surface area (Å²) < 4.78 is 0. The molecule has 0 spiro atoms. The summed E-state index contributed by atoms with van der Waals surface area (Å²) in [5.74, 6) is 0. The molecular formula is C25H28Cl2N2Ti. The van der Waals surface area contributed by atoms with Crippen LogP contribution in [0.3, 0.4) is 0 Å². The zero-order valence-corrected chi connectivity index (χ0v) is 20.6. The predicted molar refractivity (Wildman–Crippen MR) is 133 cm³/mol. The summed E-state index contributed by atoms with van der Waals surface area (Å²) in [6, 6.07) is 22.0. The molecule has 0 fully saturated rings. The molecule has 0 atom stereocenters. The van der Waals surface area contributed by atoms with Crippen molar-refractivity contribution in [2.75, 3.05) is 20.6 Å². The van der Waals surface area contributed by atoms with Crippen LogP contribution >= 0.6 is 24.8 Å². The third-order valence-corrected chi connectivity index (χ3v) is 4.60. The molecule has 1 N–H and O–H groups in total. The van der Waals surface area contributed by atoms with Crippen LogP contribution in [-0.2, 0) is 21.7 Å². The van der Waals surface area contributed by atoms with Gasteiger partial charge in [0.25, 0.3) is 0 Å². The standard InChI is InChI=1S/C19H20N.C6H6N.2ClH.Ti/c1-14-18-7-5-4-6-16(18)10-11-19(14)17-9-8-15(12-17)13-20(2)3;7-6-4-2-1-3-5-6;;;/h4-8,10-12H,1,9,13H2,2-3H3;1-5,7H;2*1H;/q2*-1;;;+2. The Bertz CT molecular complexity index is 983. The van der Waals surface area contributed by atoms with Crippen LogP contribution in [0.5, 0.6) is 0 Å². The fraction of sp³-hybridized carbons (Fsp3) is 0.160. The van der Waals surface area contributed by atoms with Gasteiger partial charge >= 0.3 is 21.7 Å². The number of allylic oxidation sites excluding steroid dienone is 2. The van der Waals surface area contributed by atoms with Gasteiger partial charge in [-0.1, -0.05) is 77.7 Å². The quantitative estimate of drug-likeness (QED) is 0.285. The summed E-state index contributed by atoms with van der Waals surface area (Å²) in [7, 11) is 4.21. The molecule has 0 aromatic heterocycles. The molecule has 0 amide bonds. The van der Waals surface area contributed by atoms with Gasteiger partial charge in [0.05, 0.1) is 0 Å². The van der Waals surface area contributed by atoms with E-state index >= 15 is 0 Å². The molecule has 0 aliphatic heterocycles. The van der Waals surface area contributed by atoms with E-state index in [0.717, 1.165) is 18.5 Å². The largest absolute Gasteiger partial charge is 2.00 e. The molecule has 1 aliphatic rings.